The molecule has 3 heteroatoms. The van der Waals surface area contributed by atoms with Gasteiger partial charge in [0.15, 0.2) is 5.78 Å². The van der Waals surface area contributed by atoms with Gasteiger partial charge in [0.1, 0.15) is 5.82 Å². The number of carbonyl (C=O) groups is 1. The van der Waals surface area contributed by atoms with Crippen molar-refractivity contribution in [3.8, 4) is 0 Å². The maximum atomic E-state index is 12.7. The minimum absolute atomic E-state index is 0.0128. The van der Waals surface area contributed by atoms with E-state index in [1.54, 1.807) is 29.5 Å². The molecule has 0 spiro atoms. The first-order chi connectivity index (χ1) is 8.56. The van der Waals surface area contributed by atoms with Gasteiger partial charge in [-0.2, -0.15) is 0 Å². The first-order valence-electron chi connectivity index (χ1n) is 5.61. The molecular weight excluding hydrogens is 247 g/mol. The van der Waals surface area contributed by atoms with Gasteiger partial charge in [-0.3, -0.25) is 4.79 Å². The molecular formula is C15H13FOS. The fourth-order valence-corrected chi connectivity index (χ4v) is 2.64. The number of allylic oxidation sites excluding steroid dienone is 1. The molecule has 2 aromatic rings. The van der Waals surface area contributed by atoms with E-state index in [1.165, 1.54) is 18.2 Å². The van der Waals surface area contributed by atoms with E-state index in [1.807, 2.05) is 19.9 Å². The number of ketones is 1. The molecule has 0 saturated heterocycles. The molecule has 0 radical (unpaired) electrons. The standard InChI is InChI=1S/C15H13FOS/c1-10-9-14(11(2)18-10)15(17)8-5-12-3-6-13(16)7-4-12/h3-9H,1-2H3/b8-5+. The Bertz CT molecular complexity index is 593. The molecule has 18 heavy (non-hydrogen) atoms. The molecule has 0 amide bonds. The molecule has 1 aromatic heterocycles. The van der Waals surface area contributed by atoms with Crippen LogP contribution in [-0.2, 0) is 0 Å². The second-order valence-corrected chi connectivity index (χ2v) is 5.54. The van der Waals surface area contributed by atoms with Gasteiger partial charge in [-0.15, -0.1) is 11.3 Å². The van der Waals surface area contributed by atoms with Crippen LogP contribution in [0.1, 0.15) is 25.7 Å². The Morgan fingerprint density at radius 3 is 2.44 bits per heavy atom. The minimum Gasteiger partial charge on any atom is -0.289 e. The highest BCUT2D eigenvalue weighted by Gasteiger charge is 2.08. The molecule has 92 valence electrons. The Labute approximate surface area is 110 Å². The van der Waals surface area contributed by atoms with Gasteiger partial charge in [-0.1, -0.05) is 18.2 Å². The maximum Gasteiger partial charge on any atom is 0.186 e. The van der Waals surface area contributed by atoms with Crippen LogP contribution in [0.3, 0.4) is 0 Å². The summed E-state index contributed by atoms with van der Waals surface area (Å²) in [6.45, 7) is 3.93. The van der Waals surface area contributed by atoms with Crippen LogP contribution in [0.25, 0.3) is 6.08 Å². The number of benzene rings is 1. The Kier molecular flexibility index (Phi) is 3.72. The molecule has 0 aliphatic heterocycles. The molecule has 1 nitrogen and oxygen atoms in total. The second-order valence-electron chi connectivity index (χ2n) is 4.08. The van der Waals surface area contributed by atoms with Crippen molar-refractivity contribution in [3.05, 3.63) is 63.1 Å². The third-order valence-electron chi connectivity index (χ3n) is 2.60. The zero-order chi connectivity index (χ0) is 13.1. The lowest BCUT2D eigenvalue weighted by atomic mass is 10.1. The van der Waals surface area contributed by atoms with Gasteiger partial charge in [0, 0.05) is 15.3 Å². The number of carbonyl (C=O) groups excluding carboxylic acids is 1. The molecule has 0 fully saturated rings. The quantitative estimate of drug-likeness (QED) is 0.590. The molecule has 0 bridgehead atoms. The Morgan fingerprint density at radius 2 is 1.89 bits per heavy atom. The van der Waals surface area contributed by atoms with Crippen molar-refractivity contribution in [1.82, 2.24) is 0 Å². The lowest BCUT2D eigenvalue weighted by Gasteiger charge is -1.94. The van der Waals surface area contributed by atoms with E-state index in [0.29, 0.717) is 0 Å². The molecule has 0 aliphatic carbocycles. The summed E-state index contributed by atoms with van der Waals surface area (Å²) in [5.74, 6) is -0.288. The van der Waals surface area contributed by atoms with Crippen LogP contribution >= 0.6 is 11.3 Å². The number of rotatable bonds is 3. The summed E-state index contributed by atoms with van der Waals surface area (Å²) in [7, 11) is 0. The van der Waals surface area contributed by atoms with Crippen LogP contribution in [-0.4, -0.2) is 5.78 Å². The van der Waals surface area contributed by atoms with Crippen molar-refractivity contribution < 1.29 is 9.18 Å². The van der Waals surface area contributed by atoms with Crippen LogP contribution in [0.4, 0.5) is 4.39 Å². The van der Waals surface area contributed by atoms with Crippen molar-refractivity contribution >= 4 is 23.2 Å². The van der Waals surface area contributed by atoms with Crippen LogP contribution in [0.15, 0.2) is 36.4 Å². The monoisotopic (exact) mass is 260 g/mol. The highest BCUT2D eigenvalue weighted by molar-refractivity contribution is 7.12. The van der Waals surface area contributed by atoms with Gasteiger partial charge in [-0.25, -0.2) is 4.39 Å². The van der Waals surface area contributed by atoms with Crippen molar-refractivity contribution in [1.29, 1.82) is 0 Å². The first kappa shape index (κ1) is 12.7. The van der Waals surface area contributed by atoms with Crippen LogP contribution < -0.4 is 0 Å². The van der Waals surface area contributed by atoms with Gasteiger partial charge in [0.2, 0.25) is 0 Å². The number of hydrogen-bond acceptors (Lipinski definition) is 2. The summed E-state index contributed by atoms with van der Waals surface area (Å²) < 4.78 is 12.7. The van der Waals surface area contributed by atoms with E-state index in [4.69, 9.17) is 0 Å². The van der Waals surface area contributed by atoms with Crippen molar-refractivity contribution in [2.24, 2.45) is 0 Å². The molecule has 1 aromatic carbocycles. The SMILES string of the molecule is Cc1cc(C(=O)/C=C/c2ccc(F)cc2)c(C)s1. The number of thiophene rings is 1. The highest BCUT2D eigenvalue weighted by atomic mass is 32.1. The zero-order valence-corrected chi connectivity index (χ0v) is 11.1. The third kappa shape index (κ3) is 2.93. The zero-order valence-electron chi connectivity index (χ0n) is 10.2. The molecule has 0 atom stereocenters. The van der Waals surface area contributed by atoms with Crippen molar-refractivity contribution in [2.45, 2.75) is 13.8 Å². The van der Waals surface area contributed by atoms with Crippen LogP contribution in [0.2, 0.25) is 0 Å². The molecule has 0 unspecified atom stereocenters. The van der Waals surface area contributed by atoms with E-state index < -0.39 is 0 Å². The molecule has 0 N–H and O–H groups in total. The lowest BCUT2D eigenvalue weighted by molar-refractivity contribution is 0.104. The van der Waals surface area contributed by atoms with E-state index >= 15 is 0 Å². The second kappa shape index (κ2) is 5.27. The Hall–Kier alpha value is -1.74. The fourth-order valence-electron chi connectivity index (χ4n) is 1.71. The van der Waals surface area contributed by atoms with E-state index in [2.05, 4.69) is 0 Å². The molecule has 1 heterocycles. The average molecular weight is 260 g/mol. The largest absolute Gasteiger partial charge is 0.289 e. The predicted octanol–water partition coefficient (Wildman–Crippen LogP) is 4.40. The Morgan fingerprint density at radius 1 is 1.22 bits per heavy atom. The van der Waals surface area contributed by atoms with E-state index in [0.717, 1.165) is 20.9 Å². The summed E-state index contributed by atoms with van der Waals surface area (Å²) in [4.78, 5) is 14.1. The van der Waals surface area contributed by atoms with E-state index in [-0.39, 0.29) is 11.6 Å². The van der Waals surface area contributed by atoms with Gasteiger partial charge >= 0.3 is 0 Å². The van der Waals surface area contributed by atoms with Gasteiger partial charge in [0.05, 0.1) is 0 Å². The number of hydrogen-bond donors (Lipinski definition) is 0. The first-order valence-corrected chi connectivity index (χ1v) is 6.43. The molecule has 2 rings (SSSR count). The summed E-state index contributed by atoms with van der Waals surface area (Å²) in [5.41, 5.74) is 1.56. The molecule has 0 saturated carbocycles. The smallest absolute Gasteiger partial charge is 0.186 e. The average Bonchev–Trinajstić information content (AvgIpc) is 2.67. The summed E-state index contributed by atoms with van der Waals surface area (Å²) in [6, 6.07) is 7.95. The van der Waals surface area contributed by atoms with Crippen molar-refractivity contribution in [2.75, 3.05) is 0 Å². The number of aryl methyl sites for hydroxylation is 2. The number of halogens is 1. The topological polar surface area (TPSA) is 17.1 Å². The van der Waals surface area contributed by atoms with Crippen molar-refractivity contribution in [3.63, 3.8) is 0 Å². The summed E-state index contributed by atoms with van der Waals surface area (Å²) in [6.07, 6.45) is 3.23. The van der Waals surface area contributed by atoms with Gasteiger partial charge < -0.3 is 0 Å². The molecule has 0 aliphatic rings. The highest BCUT2D eigenvalue weighted by Crippen LogP contribution is 2.21. The lowest BCUT2D eigenvalue weighted by Crippen LogP contribution is -1.93. The Balaban J connectivity index is 2.16. The normalized spacial score (nSPS) is 11.1. The van der Waals surface area contributed by atoms with E-state index in [9.17, 15) is 9.18 Å². The predicted molar refractivity (Wildman–Crippen MR) is 73.6 cm³/mol. The van der Waals surface area contributed by atoms with Crippen LogP contribution in [0, 0.1) is 19.7 Å². The maximum absolute atomic E-state index is 12.7. The summed E-state index contributed by atoms with van der Waals surface area (Å²) >= 11 is 1.62. The van der Waals surface area contributed by atoms with Crippen LogP contribution in [0.5, 0.6) is 0 Å². The fraction of sp³-hybridized carbons (Fsp3) is 0.133. The van der Waals surface area contributed by atoms with Gasteiger partial charge in [-0.05, 0) is 43.7 Å². The van der Waals surface area contributed by atoms with Gasteiger partial charge in [0.25, 0.3) is 0 Å². The summed E-state index contributed by atoms with van der Waals surface area (Å²) in [5, 5.41) is 0. The minimum atomic E-state index is -0.275. The third-order valence-corrected chi connectivity index (χ3v) is 3.57.